The molecular weight excluding hydrogens is 655 g/mol. The Kier molecular flexibility index (Phi) is 10.4. The summed E-state index contributed by atoms with van der Waals surface area (Å²) in [6, 6.07) is 23.7. The Hall–Kier alpha value is -4.96. The van der Waals surface area contributed by atoms with E-state index in [9.17, 15) is 5.11 Å². The van der Waals surface area contributed by atoms with Gasteiger partial charge in [0.05, 0.1) is 11.8 Å². The van der Waals surface area contributed by atoms with Gasteiger partial charge in [-0.1, -0.05) is 124 Å². The van der Waals surface area contributed by atoms with Gasteiger partial charge in [0, 0.05) is 34.4 Å². The van der Waals surface area contributed by atoms with Crippen LogP contribution >= 0.6 is 0 Å². The molecule has 0 spiro atoms. The van der Waals surface area contributed by atoms with Crippen molar-refractivity contribution in [2.45, 2.75) is 99.9 Å². The second kappa shape index (κ2) is 15.1. The minimum Gasteiger partial charge on any atom is -0.513 e. The van der Waals surface area contributed by atoms with Crippen LogP contribution in [0.1, 0.15) is 97.3 Å². The van der Waals surface area contributed by atoms with E-state index in [1.54, 1.807) is 6.92 Å². The zero-order valence-electron chi connectivity index (χ0n) is 34.0. The van der Waals surface area contributed by atoms with Gasteiger partial charge in [0.1, 0.15) is 0 Å². The largest absolute Gasteiger partial charge is 0.513 e. The lowest BCUT2D eigenvalue weighted by atomic mass is 9.65. The Bertz CT molecular complexity index is 2430. The van der Waals surface area contributed by atoms with Crippen LogP contribution in [-0.2, 0) is 0 Å². The van der Waals surface area contributed by atoms with Gasteiger partial charge in [-0.2, -0.15) is 0 Å². The van der Waals surface area contributed by atoms with Crippen molar-refractivity contribution >= 4 is 56.7 Å². The fourth-order valence-electron chi connectivity index (χ4n) is 9.01. The van der Waals surface area contributed by atoms with Crippen molar-refractivity contribution in [2.24, 2.45) is 0 Å². The molecular formula is C50H56BN2O. The van der Waals surface area contributed by atoms with Gasteiger partial charge >= 0.3 is 0 Å². The van der Waals surface area contributed by atoms with Crippen molar-refractivity contribution < 1.29 is 5.11 Å². The third kappa shape index (κ3) is 6.92. The maximum absolute atomic E-state index is 10.1. The van der Waals surface area contributed by atoms with E-state index in [0.29, 0.717) is 24.1 Å². The summed E-state index contributed by atoms with van der Waals surface area (Å²) in [5.74, 6) is 0.991. The number of para-hydroxylation sites is 1. The fraction of sp³-hybridized carbons (Fsp3) is 0.320. The van der Waals surface area contributed by atoms with E-state index in [4.69, 9.17) is 0 Å². The third-order valence-corrected chi connectivity index (χ3v) is 11.4. The van der Waals surface area contributed by atoms with Gasteiger partial charge in [-0.3, -0.25) is 0 Å². The van der Waals surface area contributed by atoms with Crippen molar-refractivity contribution in [1.29, 1.82) is 0 Å². The maximum Gasteiger partial charge on any atom is 0.179 e. The lowest BCUT2D eigenvalue weighted by Crippen LogP contribution is -2.32. The minimum absolute atomic E-state index is 0.198. The second-order valence-corrected chi connectivity index (χ2v) is 16.4. The summed E-state index contributed by atoms with van der Waals surface area (Å²) < 4.78 is 0. The molecule has 275 valence electrons. The summed E-state index contributed by atoms with van der Waals surface area (Å²) in [6.07, 6.45) is 15.3. The van der Waals surface area contributed by atoms with Crippen LogP contribution in [0.25, 0.3) is 32.3 Å². The molecule has 1 heterocycles. The van der Waals surface area contributed by atoms with Crippen molar-refractivity contribution in [3.05, 3.63) is 147 Å². The lowest BCUT2D eigenvalue weighted by molar-refractivity contribution is 0.414. The number of allylic oxidation sites excluding steroid dienone is 8. The van der Waals surface area contributed by atoms with E-state index in [1.807, 2.05) is 6.08 Å². The molecule has 2 aliphatic rings. The third-order valence-electron chi connectivity index (χ3n) is 11.4. The summed E-state index contributed by atoms with van der Waals surface area (Å²) in [4.78, 5) is 5.15. The molecule has 1 unspecified atom stereocenters. The van der Waals surface area contributed by atoms with Gasteiger partial charge in [0.25, 0.3) is 0 Å². The number of anilines is 3. The first-order valence-electron chi connectivity index (χ1n) is 19.8. The molecule has 0 amide bonds. The number of hydrogen-bond donors (Lipinski definition) is 1. The molecule has 7 rings (SSSR count). The van der Waals surface area contributed by atoms with Crippen LogP contribution in [0.2, 0.25) is 6.32 Å². The topological polar surface area (TPSA) is 26.7 Å². The van der Waals surface area contributed by atoms with Crippen molar-refractivity contribution in [2.75, 3.05) is 16.3 Å². The smallest absolute Gasteiger partial charge is 0.179 e. The number of rotatable bonds is 10. The van der Waals surface area contributed by atoms with Crippen LogP contribution in [0.4, 0.5) is 17.1 Å². The molecule has 0 fully saturated rings. The highest BCUT2D eigenvalue weighted by Crippen LogP contribution is 2.49. The SMILES string of the molecule is CC1=CC(N(c2ccccc2C)c2cc(C(C)C)c3ccc4c(N(C/C=C(C)\C=C(\C)O)C5=C(C)C=CC[B]5)cc(C(C)C)c5ccc2c3c54)CC(C)=C1. The van der Waals surface area contributed by atoms with Crippen LogP contribution in [-0.4, -0.2) is 25.0 Å². The molecule has 0 bridgehead atoms. The molecule has 1 radical (unpaired) electrons. The Morgan fingerprint density at radius 1 is 0.815 bits per heavy atom. The molecule has 5 aromatic rings. The number of aliphatic hydroxyl groups excluding tert-OH is 1. The second-order valence-electron chi connectivity index (χ2n) is 16.4. The maximum atomic E-state index is 10.1. The zero-order valence-corrected chi connectivity index (χ0v) is 34.0. The van der Waals surface area contributed by atoms with Gasteiger partial charge in [0.15, 0.2) is 7.28 Å². The van der Waals surface area contributed by atoms with Gasteiger partial charge in [-0.15, -0.1) is 0 Å². The predicted octanol–water partition coefficient (Wildman–Crippen LogP) is 14.1. The van der Waals surface area contributed by atoms with Crippen LogP contribution < -0.4 is 9.80 Å². The minimum atomic E-state index is 0.198. The summed E-state index contributed by atoms with van der Waals surface area (Å²) in [5, 5.41) is 18.1. The molecule has 0 saturated heterocycles. The number of aryl methyl sites for hydroxylation is 1. The quantitative estimate of drug-likeness (QED) is 0.0676. The van der Waals surface area contributed by atoms with E-state index in [0.717, 1.165) is 18.3 Å². The van der Waals surface area contributed by atoms with Crippen molar-refractivity contribution in [3.63, 3.8) is 0 Å². The Labute approximate surface area is 324 Å². The van der Waals surface area contributed by atoms with Crippen molar-refractivity contribution in [3.8, 4) is 0 Å². The molecule has 5 aromatic carbocycles. The molecule has 1 atom stereocenters. The first-order chi connectivity index (χ1) is 25.8. The van der Waals surface area contributed by atoms with Crippen LogP contribution in [0, 0.1) is 6.92 Å². The van der Waals surface area contributed by atoms with E-state index in [-0.39, 0.29) is 6.04 Å². The molecule has 4 heteroatoms. The van der Waals surface area contributed by atoms with E-state index in [2.05, 4.69) is 170 Å². The predicted molar refractivity (Wildman–Crippen MR) is 237 cm³/mol. The van der Waals surface area contributed by atoms with Crippen LogP contribution in [0.15, 0.2) is 131 Å². The fourth-order valence-corrected chi connectivity index (χ4v) is 9.01. The first kappa shape index (κ1) is 37.4. The van der Waals surface area contributed by atoms with Crippen LogP contribution in [0.3, 0.4) is 0 Å². The van der Waals surface area contributed by atoms with E-state index in [1.165, 1.54) is 88.4 Å². The first-order valence-corrected chi connectivity index (χ1v) is 19.8. The van der Waals surface area contributed by atoms with Gasteiger partial charge in [-0.05, 0) is 133 Å². The normalized spacial score (nSPS) is 16.9. The summed E-state index contributed by atoms with van der Waals surface area (Å²) in [5.41, 5.74) is 14.1. The van der Waals surface area contributed by atoms with E-state index < -0.39 is 0 Å². The Morgan fingerprint density at radius 3 is 2.02 bits per heavy atom. The summed E-state index contributed by atoms with van der Waals surface area (Å²) in [6.45, 7) is 22.8. The monoisotopic (exact) mass is 711 g/mol. The Balaban J connectivity index is 1.59. The molecule has 54 heavy (non-hydrogen) atoms. The molecule has 0 aromatic heterocycles. The van der Waals surface area contributed by atoms with Gasteiger partial charge in [0.2, 0.25) is 0 Å². The van der Waals surface area contributed by atoms with Gasteiger partial charge < -0.3 is 14.9 Å². The lowest BCUT2D eigenvalue weighted by Gasteiger charge is -2.37. The van der Waals surface area contributed by atoms with Crippen LogP contribution in [0.5, 0.6) is 0 Å². The molecule has 1 aliphatic heterocycles. The van der Waals surface area contributed by atoms with E-state index >= 15 is 0 Å². The summed E-state index contributed by atoms with van der Waals surface area (Å²) in [7, 11) is 2.36. The van der Waals surface area contributed by atoms with Gasteiger partial charge in [-0.25, -0.2) is 0 Å². The zero-order chi connectivity index (χ0) is 38.4. The number of nitrogens with zero attached hydrogens (tertiary/aromatic N) is 2. The summed E-state index contributed by atoms with van der Waals surface area (Å²) >= 11 is 0. The van der Waals surface area contributed by atoms with Crippen molar-refractivity contribution in [1.82, 2.24) is 0 Å². The average Bonchev–Trinajstić information content (AvgIpc) is 3.11. The number of hydrogen-bond acceptors (Lipinski definition) is 3. The Morgan fingerprint density at radius 2 is 1.43 bits per heavy atom. The highest BCUT2D eigenvalue weighted by atomic mass is 16.3. The molecule has 3 nitrogen and oxygen atoms in total. The highest BCUT2D eigenvalue weighted by Gasteiger charge is 2.29. The molecule has 1 N–H and O–H groups in total. The number of benzene rings is 5. The average molecular weight is 712 g/mol. The molecule has 1 aliphatic carbocycles. The molecule has 0 saturated carbocycles. The standard InChI is InChI=1S/C50H56BN2O/c1-30(2)43-28-46(52(23-21-32(5)25-37(10)54)50-36(9)15-13-22-51-50)41-19-17-40-44(31(3)4)29-47(42-20-18-39(43)48(41)49(40)42)53(45-16-12-11-14-35(45)8)38-26-33(6)24-34(7)27-38/h11-21,24-26,28-31,38,54H,22-23,27H2,1-10H3/b32-21-,37-25-. The number of aliphatic hydroxyl groups is 1. The highest BCUT2D eigenvalue weighted by molar-refractivity contribution is 6.48.